The lowest BCUT2D eigenvalue weighted by Crippen LogP contribution is -2.10. The van der Waals surface area contributed by atoms with Crippen LogP contribution in [0.2, 0.25) is 0 Å². The lowest BCUT2D eigenvalue weighted by molar-refractivity contribution is 0.149. The average Bonchev–Trinajstić information content (AvgIpc) is 2.29. The van der Waals surface area contributed by atoms with Gasteiger partial charge in [-0.3, -0.25) is 0 Å². The molecule has 0 atom stereocenters. The fourth-order valence-electron chi connectivity index (χ4n) is 1.12. The van der Waals surface area contributed by atoms with E-state index in [1.54, 1.807) is 6.92 Å². The van der Waals surface area contributed by atoms with E-state index >= 15 is 0 Å². The Morgan fingerprint density at radius 2 is 2.25 bits per heavy atom. The van der Waals surface area contributed by atoms with Crippen LogP contribution in [0.5, 0.6) is 0 Å². The third-order valence-electron chi connectivity index (χ3n) is 1.94. The first-order chi connectivity index (χ1) is 7.75. The summed E-state index contributed by atoms with van der Waals surface area (Å²) in [5.41, 5.74) is 0.343. The molecule has 0 fully saturated rings. The average molecular weight is 248 g/mol. The van der Waals surface area contributed by atoms with Crippen molar-refractivity contribution in [3.8, 4) is 0 Å². The monoisotopic (exact) mass is 247 g/mol. The van der Waals surface area contributed by atoms with Gasteiger partial charge in [-0.05, 0) is 13.3 Å². The van der Waals surface area contributed by atoms with Crippen molar-refractivity contribution >= 4 is 17.4 Å². The number of ether oxygens (including phenoxy) is 1. The summed E-state index contributed by atoms with van der Waals surface area (Å²) < 4.78 is 18.6. The summed E-state index contributed by atoms with van der Waals surface area (Å²) in [5.74, 6) is 0.335. The Bertz CT molecular complexity index is 325. The van der Waals surface area contributed by atoms with Gasteiger partial charge in [0.05, 0.1) is 12.3 Å². The van der Waals surface area contributed by atoms with E-state index in [1.807, 2.05) is 0 Å². The smallest absolute Gasteiger partial charge is 0.186 e. The second-order valence-electron chi connectivity index (χ2n) is 3.20. The van der Waals surface area contributed by atoms with Crippen LogP contribution in [0.15, 0.2) is 6.33 Å². The highest BCUT2D eigenvalue weighted by molar-refractivity contribution is 6.17. The molecule has 0 aromatic carbocycles. The number of halogens is 2. The maximum Gasteiger partial charge on any atom is 0.186 e. The minimum Gasteiger partial charge on any atom is -0.380 e. The molecule has 16 heavy (non-hydrogen) atoms. The molecule has 0 spiro atoms. The van der Waals surface area contributed by atoms with Gasteiger partial charge in [-0.1, -0.05) is 0 Å². The van der Waals surface area contributed by atoms with Crippen molar-refractivity contribution in [1.82, 2.24) is 9.97 Å². The van der Waals surface area contributed by atoms with E-state index in [4.69, 9.17) is 16.3 Å². The largest absolute Gasteiger partial charge is 0.380 e. The standard InChI is InChI=1S/C10H15ClFN3O/c1-8-9(12)10(15-7-14-8)13-4-2-5-16-6-3-11/h7H,2-6H2,1H3,(H,13,14,15). The molecule has 0 aliphatic carbocycles. The maximum atomic E-state index is 13.4. The SMILES string of the molecule is Cc1ncnc(NCCCOCCCl)c1F. The molecule has 0 unspecified atom stereocenters. The van der Waals surface area contributed by atoms with Gasteiger partial charge in [-0.2, -0.15) is 0 Å². The molecule has 90 valence electrons. The molecule has 1 N–H and O–H groups in total. The van der Waals surface area contributed by atoms with Crippen LogP contribution in [0.4, 0.5) is 10.2 Å². The van der Waals surface area contributed by atoms with Crippen molar-refractivity contribution in [1.29, 1.82) is 0 Å². The highest BCUT2D eigenvalue weighted by Crippen LogP contribution is 2.11. The zero-order valence-corrected chi connectivity index (χ0v) is 9.93. The Morgan fingerprint density at radius 3 is 3.00 bits per heavy atom. The van der Waals surface area contributed by atoms with Crippen LogP contribution >= 0.6 is 11.6 Å². The van der Waals surface area contributed by atoms with E-state index in [0.29, 0.717) is 31.3 Å². The van der Waals surface area contributed by atoms with Gasteiger partial charge >= 0.3 is 0 Å². The number of hydrogen-bond donors (Lipinski definition) is 1. The molecule has 0 bridgehead atoms. The highest BCUT2D eigenvalue weighted by Gasteiger charge is 2.05. The fraction of sp³-hybridized carbons (Fsp3) is 0.600. The van der Waals surface area contributed by atoms with Crippen LogP contribution in [-0.4, -0.2) is 35.6 Å². The minimum atomic E-state index is -0.399. The number of aromatic nitrogens is 2. The normalized spacial score (nSPS) is 10.4. The van der Waals surface area contributed by atoms with Crippen molar-refractivity contribution in [2.24, 2.45) is 0 Å². The van der Waals surface area contributed by atoms with Crippen LogP contribution in [-0.2, 0) is 4.74 Å². The number of anilines is 1. The zero-order chi connectivity index (χ0) is 11.8. The second kappa shape index (κ2) is 7.35. The Hall–Kier alpha value is -0.940. The topological polar surface area (TPSA) is 47.0 Å². The summed E-state index contributed by atoms with van der Waals surface area (Å²) in [6, 6.07) is 0. The van der Waals surface area contributed by atoms with Crippen molar-refractivity contribution in [3.63, 3.8) is 0 Å². The Labute approximate surface area is 99.2 Å². The molecular formula is C10H15ClFN3O. The first-order valence-electron chi connectivity index (χ1n) is 5.10. The highest BCUT2D eigenvalue weighted by atomic mass is 35.5. The Morgan fingerprint density at radius 1 is 1.44 bits per heavy atom. The van der Waals surface area contributed by atoms with E-state index in [0.717, 1.165) is 6.42 Å². The van der Waals surface area contributed by atoms with Gasteiger partial charge in [0, 0.05) is 19.0 Å². The van der Waals surface area contributed by atoms with Crippen LogP contribution < -0.4 is 5.32 Å². The third kappa shape index (κ3) is 4.28. The Balaban J connectivity index is 2.24. The fourth-order valence-corrected chi connectivity index (χ4v) is 1.23. The molecule has 4 nitrogen and oxygen atoms in total. The quantitative estimate of drug-likeness (QED) is 0.591. The number of nitrogens with zero attached hydrogens (tertiary/aromatic N) is 2. The van der Waals surface area contributed by atoms with E-state index in [2.05, 4.69) is 15.3 Å². The zero-order valence-electron chi connectivity index (χ0n) is 9.17. The molecule has 6 heteroatoms. The predicted octanol–water partition coefficient (Wildman–Crippen LogP) is 1.98. The molecule has 0 radical (unpaired) electrons. The molecule has 0 aliphatic heterocycles. The summed E-state index contributed by atoms with van der Waals surface area (Å²) in [7, 11) is 0. The molecular weight excluding hydrogens is 233 g/mol. The summed E-state index contributed by atoms with van der Waals surface area (Å²) in [6.07, 6.45) is 2.12. The number of nitrogens with one attached hydrogen (secondary N) is 1. The van der Waals surface area contributed by atoms with E-state index in [9.17, 15) is 4.39 Å². The van der Waals surface area contributed by atoms with E-state index in [1.165, 1.54) is 6.33 Å². The van der Waals surface area contributed by atoms with Gasteiger partial charge in [0.15, 0.2) is 11.6 Å². The van der Waals surface area contributed by atoms with Gasteiger partial charge < -0.3 is 10.1 Å². The number of alkyl halides is 1. The molecule has 1 aromatic rings. The van der Waals surface area contributed by atoms with Gasteiger partial charge in [-0.15, -0.1) is 11.6 Å². The number of hydrogen-bond acceptors (Lipinski definition) is 4. The molecule has 1 aromatic heterocycles. The van der Waals surface area contributed by atoms with Crippen LogP contribution in [0.1, 0.15) is 12.1 Å². The van der Waals surface area contributed by atoms with Crippen molar-refractivity contribution in [2.45, 2.75) is 13.3 Å². The summed E-state index contributed by atoms with van der Waals surface area (Å²) in [5, 5.41) is 2.89. The maximum absolute atomic E-state index is 13.4. The number of rotatable bonds is 7. The van der Waals surface area contributed by atoms with Crippen LogP contribution in [0.3, 0.4) is 0 Å². The molecule has 0 aliphatic rings. The minimum absolute atomic E-state index is 0.241. The molecule has 1 rings (SSSR count). The third-order valence-corrected chi connectivity index (χ3v) is 2.10. The van der Waals surface area contributed by atoms with Gasteiger partial charge in [0.1, 0.15) is 6.33 Å². The van der Waals surface area contributed by atoms with E-state index in [-0.39, 0.29) is 5.82 Å². The van der Waals surface area contributed by atoms with Gasteiger partial charge in [0.2, 0.25) is 0 Å². The van der Waals surface area contributed by atoms with Crippen molar-refractivity contribution < 1.29 is 9.13 Å². The van der Waals surface area contributed by atoms with Crippen LogP contribution in [0.25, 0.3) is 0 Å². The summed E-state index contributed by atoms with van der Waals surface area (Å²) in [6.45, 7) is 3.36. The van der Waals surface area contributed by atoms with Crippen LogP contribution in [0, 0.1) is 12.7 Å². The first-order valence-corrected chi connectivity index (χ1v) is 5.64. The van der Waals surface area contributed by atoms with Gasteiger partial charge in [0.25, 0.3) is 0 Å². The molecule has 0 saturated heterocycles. The van der Waals surface area contributed by atoms with Crippen molar-refractivity contribution in [3.05, 3.63) is 17.8 Å². The molecule has 0 amide bonds. The first kappa shape index (κ1) is 13.1. The van der Waals surface area contributed by atoms with Gasteiger partial charge in [-0.25, -0.2) is 14.4 Å². The second-order valence-corrected chi connectivity index (χ2v) is 3.58. The predicted molar refractivity (Wildman–Crippen MR) is 61.4 cm³/mol. The van der Waals surface area contributed by atoms with Crippen molar-refractivity contribution in [2.75, 3.05) is 31.0 Å². The molecule has 0 saturated carbocycles. The van der Waals surface area contributed by atoms with E-state index < -0.39 is 5.82 Å². The number of aryl methyl sites for hydroxylation is 1. The summed E-state index contributed by atoms with van der Waals surface area (Å²) >= 11 is 5.44. The molecule has 1 heterocycles. The Kier molecular flexibility index (Phi) is 6.03. The summed E-state index contributed by atoms with van der Waals surface area (Å²) in [4.78, 5) is 7.56. The lowest BCUT2D eigenvalue weighted by Gasteiger charge is -2.07. The lowest BCUT2D eigenvalue weighted by atomic mass is 10.4.